The van der Waals surface area contributed by atoms with Crippen molar-refractivity contribution in [1.82, 2.24) is 5.32 Å². The number of hydrogen-bond donors (Lipinski definition) is 1. The van der Waals surface area contributed by atoms with Gasteiger partial charge in [-0.25, -0.2) is 0 Å². The van der Waals surface area contributed by atoms with E-state index in [-0.39, 0.29) is 6.04 Å². The molecule has 86 valence electrons. The van der Waals surface area contributed by atoms with Crippen molar-refractivity contribution in [1.29, 1.82) is 0 Å². The summed E-state index contributed by atoms with van der Waals surface area (Å²) in [6, 6.07) is 4.48. The second-order valence-electron chi connectivity index (χ2n) is 3.46. The van der Waals surface area contributed by atoms with Crippen LogP contribution in [0.5, 0.6) is 0 Å². The van der Waals surface area contributed by atoms with E-state index in [1.54, 1.807) is 22.7 Å². The number of halogens is 2. The zero-order valence-electron chi connectivity index (χ0n) is 8.88. The van der Waals surface area contributed by atoms with Gasteiger partial charge in [-0.15, -0.1) is 22.7 Å². The summed E-state index contributed by atoms with van der Waals surface area (Å²) >= 11 is 12.9. The average molecular weight is 337 g/mol. The summed E-state index contributed by atoms with van der Waals surface area (Å²) in [5.74, 6) is 0. The molecule has 0 spiro atoms. The van der Waals surface area contributed by atoms with Gasteiger partial charge in [0.25, 0.3) is 0 Å². The molecule has 0 aromatic carbocycles. The van der Waals surface area contributed by atoms with E-state index in [4.69, 9.17) is 11.6 Å². The standard InChI is InChI=1S/C11H11BrClNS2/c1-6-3-4-15-10(6)9(14-2)8-5-7(12)11(13)16-8/h3-5,9,14H,1-2H3. The molecule has 2 heterocycles. The normalized spacial score (nSPS) is 13.0. The number of rotatable bonds is 3. The quantitative estimate of drug-likeness (QED) is 0.845. The molecule has 0 aliphatic rings. The molecular formula is C11H11BrClNS2. The third-order valence-electron chi connectivity index (χ3n) is 2.40. The summed E-state index contributed by atoms with van der Waals surface area (Å²) in [5.41, 5.74) is 1.32. The molecule has 1 atom stereocenters. The number of thiophene rings is 2. The van der Waals surface area contributed by atoms with Crippen molar-refractivity contribution < 1.29 is 0 Å². The van der Waals surface area contributed by atoms with Crippen molar-refractivity contribution in [2.75, 3.05) is 7.05 Å². The molecule has 0 radical (unpaired) electrons. The van der Waals surface area contributed by atoms with E-state index in [0.717, 1.165) is 8.81 Å². The van der Waals surface area contributed by atoms with Crippen LogP contribution in [0.1, 0.15) is 21.4 Å². The van der Waals surface area contributed by atoms with Crippen molar-refractivity contribution in [3.8, 4) is 0 Å². The molecule has 1 unspecified atom stereocenters. The van der Waals surface area contributed by atoms with Gasteiger partial charge in [-0.1, -0.05) is 11.6 Å². The highest BCUT2D eigenvalue weighted by molar-refractivity contribution is 9.10. The van der Waals surface area contributed by atoms with E-state index in [1.807, 2.05) is 7.05 Å². The maximum absolute atomic E-state index is 6.08. The van der Waals surface area contributed by atoms with Crippen molar-refractivity contribution in [2.45, 2.75) is 13.0 Å². The zero-order valence-corrected chi connectivity index (χ0v) is 12.9. The van der Waals surface area contributed by atoms with Gasteiger partial charge in [0.05, 0.1) is 6.04 Å². The minimum Gasteiger partial charge on any atom is -0.308 e. The smallest absolute Gasteiger partial charge is 0.107 e. The molecule has 1 N–H and O–H groups in total. The molecular weight excluding hydrogens is 326 g/mol. The van der Waals surface area contributed by atoms with E-state index in [2.05, 4.69) is 45.7 Å². The van der Waals surface area contributed by atoms with Gasteiger partial charge in [0, 0.05) is 14.2 Å². The van der Waals surface area contributed by atoms with Crippen LogP contribution < -0.4 is 5.32 Å². The van der Waals surface area contributed by atoms with Gasteiger partial charge in [0.1, 0.15) is 4.34 Å². The topological polar surface area (TPSA) is 12.0 Å². The fourth-order valence-electron chi connectivity index (χ4n) is 1.59. The Balaban J connectivity index is 2.40. The molecule has 0 saturated carbocycles. The fourth-order valence-corrected chi connectivity index (χ4v) is 4.57. The molecule has 0 saturated heterocycles. The Morgan fingerprint density at radius 3 is 2.69 bits per heavy atom. The summed E-state index contributed by atoms with van der Waals surface area (Å²) in [7, 11) is 1.98. The van der Waals surface area contributed by atoms with Crippen molar-refractivity contribution in [3.05, 3.63) is 41.6 Å². The number of aryl methyl sites for hydroxylation is 1. The van der Waals surface area contributed by atoms with Gasteiger partial charge >= 0.3 is 0 Å². The molecule has 0 bridgehead atoms. The first-order chi connectivity index (χ1) is 7.63. The van der Waals surface area contributed by atoms with Gasteiger partial charge in [0.15, 0.2) is 0 Å². The van der Waals surface area contributed by atoms with Crippen LogP contribution in [0.4, 0.5) is 0 Å². The third kappa shape index (κ3) is 2.36. The van der Waals surface area contributed by atoms with Crippen LogP contribution in [0.2, 0.25) is 4.34 Å². The second-order valence-corrected chi connectivity index (χ2v) is 6.95. The Morgan fingerprint density at radius 2 is 2.25 bits per heavy atom. The number of nitrogens with one attached hydrogen (secondary N) is 1. The lowest BCUT2D eigenvalue weighted by Crippen LogP contribution is -2.15. The molecule has 0 fully saturated rings. The minimum atomic E-state index is 0.244. The molecule has 5 heteroatoms. The maximum atomic E-state index is 6.08. The highest BCUT2D eigenvalue weighted by Gasteiger charge is 2.18. The van der Waals surface area contributed by atoms with E-state index in [0.29, 0.717) is 0 Å². The first kappa shape index (κ1) is 12.6. The molecule has 2 aromatic rings. The first-order valence-electron chi connectivity index (χ1n) is 4.79. The highest BCUT2D eigenvalue weighted by atomic mass is 79.9. The van der Waals surface area contributed by atoms with Crippen molar-refractivity contribution >= 4 is 50.2 Å². The van der Waals surface area contributed by atoms with Gasteiger partial charge < -0.3 is 5.32 Å². The van der Waals surface area contributed by atoms with Crippen LogP contribution in [-0.4, -0.2) is 7.05 Å². The Labute approximate surface area is 117 Å². The minimum absolute atomic E-state index is 0.244. The maximum Gasteiger partial charge on any atom is 0.107 e. The highest BCUT2D eigenvalue weighted by Crippen LogP contribution is 2.39. The van der Waals surface area contributed by atoms with Crippen LogP contribution in [0, 0.1) is 6.92 Å². The van der Waals surface area contributed by atoms with Crippen LogP contribution in [-0.2, 0) is 0 Å². The van der Waals surface area contributed by atoms with E-state index in [1.165, 1.54) is 15.3 Å². The Bertz CT molecular complexity index is 472. The van der Waals surface area contributed by atoms with Crippen LogP contribution in [0.15, 0.2) is 22.0 Å². The molecule has 0 aliphatic heterocycles. The number of hydrogen-bond acceptors (Lipinski definition) is 3. The van der Waals surface area contributed by atoms with Gasteiger partial charge in [0.2, 0.25) is 0 Å². The van der Waals surface area contributed by atoms with E-state index >= 15 is 0 Å². The zero-order chi connectivity index (χ0) is 11.7. The predicted octanol–water partition coefficient (Wildman–Crippen LogP) is 4.84. The lowest BCUT2D eigenvalue weighted by molar-refractivity contribution is 0.712. The Kier molecular flexibility index (Phi) is 4.08. The summed E-state index contributed by atoms with van der Waals surface area (Å²) < 4.78 is 1.79. The molecule has 1 nitrogen and oxygen atoms in total. The lowest BCUT2D eigenvalue weighted by atomic mass is 10.1. The Morgan fingerprint density at radius 1 is 1.50 bits per heavy atom. The Hall–Kier alpha value is 0.130. The van der Waals surface area contributed by atoms with E-state index < -0.39 is 0 Å². The first-order valence-corrected chi connectivity index (χ1v) is 7.66. The third-order valence-corrected chi connectivity index (χ3v) is 6.02. The van der Waals surface area contributed by atoms with Crippen molar-refractivity contribution in [3.63, 3.8) is 0 Å². The molecule has 2 rings (SSSR count). The lowest BCUT2D eigenvalue weighted by Gasteiger charge is -2.13. The van der Waals surface area contributed by atoms with Crippen molar-refractivity contribution in [2.24, 2.45) is 0 Å². The summed E-state index contributed by atoms with van der Waals surface area (Å²) in [6.07, 6.45) is 0. The SMILES string of the molecule is CNC(c1cc(Br)c(Cl)s1)c1sccc1C. The second kappa shape index (κ2) is 5.19. The summed E-state index contributed by atoms with van der Waals surface area (Å²) in [5, 5.41) is 5.47. The van der Waals surface area contributed by atoms with Gasteiger partial charge in [-0.2, -0.15) is 0 Å². The fraction of sp³-hybridized carbons (Fsp3) is 0.273. The molecule has 0 aliphatic carbocycles. The van der Waals surface area contributed by atoms with Gasteiger partial charge in [-0.05, 0) is 53.0 Å². The monoisotopic (exact) mass is 335 g/mol. The predicted molar refractivity (Wildman–Crippen MR) is 77.0 cm³/mol. The van der Waals surface area contributed by atoms with Crippen LogP contribution in [0.3, 0.4) is 0 Å². The van der Waals surface area contributed by atoms with E-state index in [9.17, 15) is 0 Å². The molecule has 2 aromatic heterocycles. The molecule has 0 amide bonds. The summed E-state index contributed by atoms with van der Waals surface area (Å²) in [4.78, 5) is 2.60. The largest absolute Gasteiger partial charge is 0.308 e. The van der Waals surface area contributed by atoms with Gasteiger partial charge in [-0.3, -0.25) is 0 Å². The van der Waals surface area contributed by atoms with Crippen LogP contribution >= 0.6 is 50.2 Å². The average Bonchev–Trinajstić information content (AvgIpc) is 2.78. The molecule has 16 heavy (non-hydrogen) atoms. The summed E-state index contributed by atoms with van der Waals surface area (Å²) in [6.45, 7) is 2.14. The van der Waals surface area contributed by atoms with Crippen LogP contribution in [0.25, 0.3) is 0 Å².